The van der Waals surface area contributed by atoms with E-state index >= 15 is 0 Å². The van der Waals surface area contributed by atoms with Crippen molar-refractivity contribution in [1.82, 2.24) is 0 Å². The van der Waals surface area contributed by atoms with Crippen molar-refractivity contribution in [2.24, 2.45) is 0 Å². The Hall–Kier alpha value is -3.60. The smallest absolute Gasteiger partial charge is 0.462 e. The molecule has 80 heavy (non-hydrogen) atoms. The lowest BCUT2D eigenvalue weighted by molar-refractivity contribution is -0.161. The number of phosphoric ester groups is 1. The second-order valence-corrected chi connectivity index (χ2v) is 22.7. The average molecular weight is 1140 g/mol. The maximum atomic E-state index is 13.0. The van der Waals surface area contributed by atoms with Crippen LogP contribution in [-0.4, -0.2) is 66.5 Å². The molecule has 0 aliphatic heterocycles. The molecule has 0 aromatic rings. The number of phosphoric acid groups is 1. The van der Waals surface area contributed by atoms with Crippen LogP contribution in [0, 0.1) is 0 Å². The molecule has 0 aromatic carbocycles. The summed E-state index contributed by atoms with van der Waals surface area (Å²) in [6.07, 6.45) is 73.6. The summed E-state index contributed by atoms with van der Waals surface area (Å²) in [7, 11) is -4.77. The maximum Gasteiger partial charge on any atom is 0.472 e. The third-order valence-corrected chi connectivity index (χ3v) is 14.4. The summed E-state index contributed by atoms with van der Waals surface area (Å²) in [5, 5.41) is 9.86. The summed E-state index contributed by atoms with van der Waals surface area (Å²) < 4.78 is 39.6. The molecule has 0 aliphatic rings. The van der Waals surface area contributed by atoms with Crippen LogP contribution < -0.4 is 0 Å². The average Bonchev–Trinajstić information content (AvgIpc) is 3.45. The molecule has 0 fully saturated rings. The van der Waals surface area contributed by atoms with Crippen molar-refractivity contribution in [2.75, 3.05) is 26.4 Å². The first-order valence-corrected chi connectivity index (χ1v) is 33.6. The number of ether oxygens (including phenoxy) is 3. The van der Waals surface area contributed by atoms with Gasteiger partial charge < -0.3 is 24.2 Å². The fraction of sp³-hybridized carbons (Fsp3) is 0.721. The van der Waals surface area contributed by atoms with Crippen LogP contribution in [0.15, 0.2) is 97.2 Å². The first kappa shape index (κ1) is 76.4. The van der Waals surface area contributed by atoms with Crippen LogP contribution >= 0.6 is 7.82 Å². The zero-order valence-corrected chi connectivity index (χ0v) is 51.9. The quantitative estimate of drug-likeness (QED) is 0.0197. The van der Waals surface area contributed by atoms with E-state index in [9.17, 15) is 28.9 Å². The Balaban J connectivity index is 4.78. The van der Waals surface area contributed by atoms with Crippen molar-refractivity contribution in [3.63, 3.8) is 0 Å². The summed E-state index contributed by atoms with van der Waals surface area (Å²) in [6.45, 7) is 4.46. The number of unbranched alkanes of at least 4 members (excludes halogenated alkanes) is 26. The Morgan fingerprint density at radius 3 is 1.06 bits per heavy atom. The fourth-order valence-electron chi connectivity index (χ4n) is 8.64. The van der Waals surface area contributed by atoms with Crippen molar-refractivity contribution >= 4 is 25.7 Å². The van der Waals surface area contributed by atoms with E-state index in [0.717, 1.165) is 103 Å². The van der Waals surface area contributed by atoms with Crippen LogP contribution in [0.3, 0.4) is 0 Å². The number of carbonyl (C=O) groups is 3. The summed E-state index contributed by atoms with van der Waals surface area (Å²) in [5.41, 5.74) is 0. The van der Waals surface area contributed by atoms with Crippen LogP contribution in [-0.2, 0) is 42.2 Å². The highest BCUT2D eigenvalue weighted by atomic mass is 31.2. The molecule has 0 radical (unpaired) electrons. The standard InChI is InChI=1S/C68H117O11P/c1-4-7-10-13-16-19-22-25-28-31-32-35-38-41-44-47-50-53-56-59-68(72)79-65(61-75-66(70)57-54-51-48-45-42-39-36-33-29-26-23-20-17-14-11-8-5-2)63-77-80(73,74)76-62-64(60-69)78-67(71)58-55-52-49-46-43-40-37-34-30-27-24-21-18-15-12-9-6-3/h8,11,16-17,19-20,25-26,28-29,32,35-36,39,45,48,64-65,69H,4-7,9-10,12-15,18,21-24,27,30-31,33-34,37-38,40-44,46-47,49-63H2,1-3H3,(H,73,74)/b11-8-,19-16-,20-17-,28-25-,29-26-,35-32-,39-36-,48-45-. The lowest BCUT2D eigenvalue weighted by Crippen LogP contribution is -2.30. The summed E-state index contributed by atoms with van der Waals surface area (Å²) in [5.74, 6) is -1.54. The van der Waals surface area contributed by atoms with Crippen LogP contribution in [0.2, 0.25) is 0 Å². The van der Waals surface area contributed by atoms with Gasteiger partial charge in [-0.05, 0) is 96.3 Å². The van der Waals surface area contributed by atoms with Crippen molar-refractivity contribution in [1.29, 1.82) is 0 Å². The third kappa shape index (κ3) is 59.0. The predicted molar refractivity (Wildman–Crippen MR) is 334 cm³/mol. The molecule has 0 rings (SSSR count). The number of rotatable bonds is 59. The van der Waals surface area contributed by atoms with Crippen LogP contribution in [0.4, 0.5) is 0 Å². The minimum atomic E-state index is -4.77. The van der Waals surface area contributed by atoms with Gasteiger partial charge in [-0.1, -0.05) is 259 Å². The van der Waals surface area contributed by atoms with Gasteiger partial charge in [-0.15, -0.1) is 0 Å². The topological polar surface area (TPSA) is 155 Å². The molecule has 2 N–H and O–H groups in total. The van der Waals surface area contributed by atoms with Gasteiger partial charge in [0.25, 0.3) is 0 Å². The van der Waals surface area contributed by atoms with E-state index in [2.05, 4.69) is 112 Å². The molecule has 0 saturated carbocycles. The van der Waals surface area contributed by atoms with Gasteiger partial charge in [-0.3, -0.25) is 23.4 Å². The summed E-state index contributed by atoms with van der Waals surface area (Å²) in [4.78, 5) is 48.7. The number of allylic oxidation sites excluding steroid dienone is 16. The van der Waals surface area contributed by atoms with Crippen LogP contribution in [0.5, 0.6) is 0 Å². The molecule has 3 unspecified atom stereocenters. The zero-order valence-electron chi connectivity index (χ0n) is 51.0. The molecule has 460 valence electrons. The number of esters is 3. The second-order valence-electron chi connectivity index (χ2n) is 21.2. The molecular weight excluding hydrogens is 1020 g/mol. The first-order chi connectivity index (χ1) is 39.2. The Morgan fingerprint density at radius 2 is 0.662 bits per heavy atom. The van der Waals surface area contributed by atoms with Crippen molar-refractivity contribution in [3.05, 3.63) is 97.2 Å². The molecule has 3 atom stereocenters. The molecule has 0 aliphatic carbocycles. The maximum absolute atomic E-state index is 13.0. The minimum Gasteiger partial charge on any atom is -0.462 e. The number of aliphatic hydroxyl groups is 1. The number of aliphatic hydroxyl groups excluding tert-OH is 1. The highest BCUT2D eigenvalue weighted by molar-refractivity contribution is 7.47. The van der Waals surface area contributed by atoms with Crippen LogP contribution in [0.1, 0.15) is 278 Å². The molecule has 0 aromatic heterocycles. The second kappa shape index (κ2) is 61.5. The van der Waals surface area contributed by atoms with Crippen molar-refractivity contribution < 1.29 is 52.2 Å². The van der Waals surface area contributed by atoms with E-state index in [1.54, 1.807) is 0 Å². The summed E-state index contributed by atoms with van der Waals surface area (Å²) in [6, 6.07) is 0. The SMILES string of the molecule is CC/C=C\C/C=C\C/C=C\C/C=C\C/C=C\CCCC(=O)OCC(COP(=O)(O)OCC(CO)OC(=O)CCCCCCCCCCCCCCCCCCC)OC(=O)CCCCCCCC/C=C\C/C=C\C/C=C\CCCCC. The van der Waals surface area contributed by atoms with Gasteiger partial charge in [-0.25, -0.2) is 4.57 Å². The van der Waals surface area contributed by atoms with Gasteiger partial charge in [0.2, 0.25) is 0 Å². The monoisotopic (exact) mass is 1140 g/mol. The Kier molecular flexibility index (Phi) is 58.7. The Morgan fingerprint density at radius 1 is 0.362 bits per heavy atom. The van der Waals surface area contributed by atoms with E-state index in [4.69, 9.17) is 23.3 Å². The van der Waals surface area contributed by atoms with Crippen molar-refractivity contribution in [3.8, 4) is 0 Å². The van der Waals surface area contributed by atoms with E-state index in [0.29, 0.717) is 25.7 Å². The zero-order chi connectivity index (χ0) is 58.3. The van der Waals surface area contributed by atoms with Crippen LogP contribution in [0.25, 0.3) is 0 Å². The van der Waals surface area contributed by atoms with Gasteiger partial charge in [0.1, 0.15) is 12.7 Å². The molecule has 0 heterocycles. The highest BCUT2D eigenvalue weighted by Crippen LogP contribution is 2.43. The predicted octanol–water partition coefficient (Wildman–Crippen LogP) is 19.6. The molecule has 11 nitrogen and oxygen atoms in total. The minimum absolute atomic E-state index is 0.138. The van der Waals surface area contributed by atoms with Gasteiger partial charge in [-0.2, -0.15) is 0 Å². The largest absolute Gasteiger partial charge is 0.472 e. The molecule has 0 spiro atoms. The molecule has 0 bridgehead atoms. The van der Waals surface area contributed by atoms with Gasteiger partial charge in [0, 0.05) is 19.3 Å². The molecule has 0 saturated heterocycles. The highest BCUT2D eigenvalue weighted by Gasteiger charge is 2.28. The van der Waals surface area contributed by atoms with Gasteiger partial charge in [0.15, 0.2) is 6.10 Å². The Labute approximate surface area is 489 Å². The molecule has 0 amide bonds. The van der Waals surface area contributed by atoms with Crippen molar-refractivity contribution in [2.45, 2.75) is 290 Å². The van der Waals surface area contributed by atoms with E-state index in [1.807, 2.05) is 6.08 Å². The van der Waals surface area contributed by atoms with E-state index in [1.165, 1.54) is 109 Å². The fourth-order valence-corrected chi connectivity index (χ4v) is 9.42. The number of hydrogen-bond acceptors (Lipinski definition) is 10. The number of carbonyl (C=O) groups excluding carboxylic acids is 3. The normalized spacial score (nSPS) is 13.9. The Bertz CT molecular complexity index is 1710. The molecular formula is C68H117O11P. The lowest BCUT2D eigenvalue weighted by atomic mass is 10.0. The summed E-state index contributed by atoms with van der Waals surface area (Å²) >= 11 is 0. The first-order valence-electron chi connectivity index (χ1n) is 32.1. The van der Waals surface area contributed by atoms with Gasteiger partial charge >= 0.3 is 25.7 Å². The number of hydrogen-bond donors (Lipinski definition) is 2. The molecule has 12 heteroatoms. The van der Waals surface area contributed by atoms with E-state index < -0.39 is 57.8 Å². The van der Waals surface area contributed by atoms with E-state index in [-0.39, 0.29) is 25.9 Å². The lowest BCUT2D eigenvalue weighted by Gasteiger charge is -2.21. The third-order valence-electron chi connectivity index (χ3n) is 13.5. The van der Waals surface area contributed by atoms with Gasteiger partial charge in [0.05, 0.1) is 19.8 Å².